The fourth-order valence-electron chi connectivity index (χ4n) is 1.86. The van der Waals surface area contributed by atoms with Crippen LogP contribution in [0.1, 0.15) is 23.4 Å². The normalized spacial score (nSPS) is 24.7. The summed E-state index contributed by atoms with van der Waals surface area (Å²) in [5, 5.41) is 0.308. The Morgan fingerprint density at radius 3 is 2.93 bits per heavy atom. The van der Waals surface area contributed by atoms with Gasteiger partial charge < -0.3 is 9.32 Å². The van der Waals surface area contributed by atoms with Gasteiger partial charge >= 0.3 is 0 Å². The van der Waals surface area contributed by atoms with Gasteiger partial charge in [0.25, 0.3) is 5.91 Å². The standard InChI is InChI=1S/C11H14ClNO2/c1-13(7-8-5-9(12)6-8)11(14)10-3-2-4-15-10/h2-4,8-9H,5-7H2,1H3. The molecule has 1 fully saturated rings. The van der Waals surface area contributed by atoms with Gasteiger partial charge in [0.05, 0.1) is 6.26 Å². The van der Waals surface area contributed by atoms with E-state index in [0.29, 0.717) is 17.1 Å². The first-order valence-electron chi connectivity index (χ1n) is 5.10. The van der Waals surface area contributed by atoms with Gasteiger partial charge in [-0.15, -0.1) is 11.6 Å². The van der Waals surface area contributed by atoms with Crippen molar-refractivity contribution in [2.45, 2.75) is 18.2 Å². The number of carbonyl (C=O) groups is 1. The minimum absolute atomic E-state index is 0.0574. The molecule has 1 saturated carbocycles. The number of alkyl halides is 1. The van der Waals surface area contributed by atoms with Crippen molar-refractivity contribution in [2.24, 2.45) is 5.92 Å². The minimum Gasteiger partial charge on any atom is -0.459 e. The van der Waals surface area contributed by atoms with Crippen molar-refractivity contribution in [3.8, 4) is 0 Å². The lowest BCUT2D eigenvalue weighted by molar-refractivity contribution is 0.0715. The number of amides is 1. The Labute approximate surface area is 94.0 Å². The van der Waals surface area contributed by atoms with Crippen molar-refractivity contribution in [2.75, 3.05) is 13.6 Å². The number of hydrogen-bond acceptors (Lipinski definition) is 2. The SMILES string of the molecule is CN(CC1CC(Cl)C1)C(=O)c1ccco1. The first kappa shape index (κ1) is 10.6. The molecule has 2 rings (SSSR count). The molecule has 3 nitrogen and oxygen atoms in total. The summed E-state index contributed by atoms with van der Waals surface area (Å²) >= 11 is 5.88. The highest BCUT2D eigenvalue weighted by Gasteiger charge is 2.29. The summed E-state index contributed by atoms with van der Waals surface area (Å²) in [6.07, 6.45) is 3.54. The van der Waals surface area contributed by atoms with E-state index < -0.39 is 0 Å². The van der Waals surface area contributed by atoms with Gasteiger partial charge in [-0.1, -0.05) is 0 Å². The Kier molecular flexibility index (Phi) is 3.00. The second kappa shape index (κ2) is 4.27. The summed E-state index contributed by atoms with van der Waals surface area (Å²) in [6, 6.07) is 3.41. The molecular weight excluding hydrogens is 214 g/mol. The molecule has 0 spiro atoms. The molecule has 4 heteroatoms. The Morgan fingerprint density at radius 1 is 1.67 bits per heavy atom. The molecule has 0 aliphatic heterocycles. The molecule has 1 aliphatic carbocycles. The van der Waals surface area contributed by atoms with E-state index in [0.717, 1.165) is 19.4 Å². The maximum atomic E-state index is 11.8. The molecule has 1 aliphatic rings. The molecule has 0 aromatic carbocycles. The third-order valence-corrected chi connectivity index (χ3v) is 3.15. The fraction of sp³-hybridized carbons (Fsp3) is 0.545. The molecule has 0 radical (unpaired) electrons. The summed E-state index contributed by atoms with van der Waals surface area (Å²) in [5.74, 6) is 0.897. The molecule has 0 atom stereocenters. The van der Waals surface area contributed by atoms with E-state index in [2.05, 4.69) is 0 Å². The third kappa shape index (κ3) is 2.34. The van der Waals surface area contributed by atoms with E-state index in [1.165, 1.54) is 6.26 Å². The van der Waals surface area contributed by atoms with E-state index in [9.17, 15) is 4.79 Å². The first-order chi connectivity index (χ1) is 7.16. The summed E-state index contributed by atoms with van der Waals surface area (Å²) in [6.45, 7) is 0.767. The summed E-state index contributed by atoms with van der Waals surface area (Å²) < 4.78 is 5.05. The van der Waals surface area contributed by atoms with Crippen LogP contribution in [-0.2, 0) is 0 Å². The third-order valence-electron chi connectivity index (χ3n) is 2.79. The Hall–Kier alpha value is -0.960. The van der Waals surface area contributed by atoms with Crippen molar-refractivity contribution in [1.82, 2.24) is 4.90 Å². The predicted octanol–water partition coefficient (Wildman–Crippen LogP) is 2.37. The summed E-state index contributed by atoms with van der Waals surface area (Å²) in [7, 11) is 1.80. The van der Waals surface area contributed by atoms with Crippen LogP contribution in [0, 0.1) is 5.92 Å². The zero-order valence-corrected chi connectivity index (χ0v) is 9.41. The van der Waals surface area contributed by atoms with E-state index >= 15 is 0 Å². The number of carbonyl (C=O) groups excluding carboxylic acids is 1. The van der Waals surface area contributed by atoms with Crippen molar-refractivity contribution < 1.29 is 9.21 Å². The predicted molar refractivity (Wildman–Crippen MR) is 58.0 cm³/mol. The smallest absolute Gasteiger partial charge is 0.289 e. The Bertz CT molecular complexity index is 330. The van der Waals surface area contributed by atoms with Gasteiger partial charge in [-0.25, -0.2) is 0 Å². The number of nitrogens with zero attached hydrogens (tertiary/aromatic N) is 1. The minimum atomic E-state index is -0.0574. The molecule has 0 N–H and O–H groups in total. The highest BCUT2D eigenvalue weighted by Crippen LogP contribution is 2.32. The van der Waals surface area contributed by atoms with Crippen LogP contribution >= 0.6 is 11.6 Å². The van der Waals surface area contributed by atoms with Crippen LogP contribution in [0.3, 0.4) is 0 Å². The molecule has 1 heterocycles. The number of hydrogen-bond donors (Lipinski definition) is 0. The maximum absolute atomic E-state index is 11.8. The molecule has 0 unspecified atom stereocenters. The van der Waals surface area contributed by atoms with Crippen LogP contribution in [0.2, 0.25) is 0 Å². The van der Waals surface area contributed by atoms with Crippen LogP contribution in [0.5, 0.6) is 0 Å². The molecule has 0 bridgehead atoms. The lowest BCUT2D eigenvalue weighted by Crippen LogP contribution is -2.37. The summed E-state index contributed by atoms with van der Waals surface area (Å²) in [5.41, 5.74) is 0. The van der Waals surface area contributed by atoms with Crippen molar-refractivity contribution >= 4 is 17.5 Å². The number of rotatable bonds is 3. The van der Waals surface area contributed by atoms with Crippen LogP contribution in [0.4, 0.5) is 0 Å². The second-order valence-corrected chi connectivity index (χ2v) is 4.71. The largest absolute Gasteiger partial charge is 0.459 e. The molecule has 15 heavy (non-hydrogen) atoms. The lowest BCUT2D eigenvalue weighted by Gasteiger charge is -2.33. The van der Waals surface area contributed by atoms with Crippen molar-refractivity contribution in [3.63, 3.8) is 0 Å². The zero-order chi connectivity index (χ0) is 10.8. The van der Waals surface area contributed by atoms with Crippen molar-refractivity contribution in [1.29, 1.82) is 0 Å². The molecule has 1 aromatic heterocycles. The van der Waals surface area contributed by atoms with Gasteiger partial charge in [-0.3, -0.25) is 4.79 Å². The molecule has 1 amide bonds. The van der Waals surface area contributed by atoms with Gasteiger partial charge in [0.15, 0.2) is 5.76 Å². The average molecular weight is 228 g/mol. The van der Waals surface area contributed by atoms with E-state index in [1.807, 2.05) is 0 Å². The zero-order valence-electron chi connectivity index (χ0n) is 8.65. The molecule has 1 aromatic rings. The highest BCUT2D eigenvalue weighted by molar-refractivity contribution is 6.21. The van der Waals surface area contributed by atoms with Crippen LogP contribution in [0.15, 0.2) is 22.8 Å². The van der Waals surface area contributed by atoms with Gasteiger partial charge in [0, 0.05) is 19.0 Å². The van der Waals surface area contributed by atoms with Crippen LogP contribution < -0.4 is 0 Å². The topological polar surface area (TPSA) is 33.5 Å². The van der Waals surface area contributed by atoms with Crippen LogP contribution in [-0.4, -0.2) is 29.8 Å². The van der Waals surface area contributed by atoms with Gasteiger partial charge in [0.1, 0.15) is 0 Å². The average Bonchev–Trinajstić information content (AvgIpc) is 2.66. The van der Waals surface area contributed by atoms with E-state index in [-0.39, 0.29) is 5.91 Å². The van der Waals surface area contributed by atoms with Crippen molar-refractivity contribution in [3.05, 3.63) is 24.2 Å². The number of furan rings is 1. The Morgan fingerprint density at radius 2 is 2.40 bits per heavy atom. The first-order valence-corrected chi connectivity index (χ1v) is 5.53. The fourth-order valence-corrected chi connectivity index (χ4v) is 2.37. The van der Waals surface area contributed by atoms with Gasteiger partial charge in [-0.2, -0.15) is 0 Å². The molecule has 82 valence electrons. The highest BCUT2D eigenvalue weighted by atomic mass is 35.5. The van der Waals surface area contributed by atoms with Gasteiger partial charge in [0.2, 0.25) is 0 Å². The van der Waals surface area contributed by atoms with E-state index in [4.69, 9.17) is 16.0 Å². The molecular formula is C11H14ClNO2. The molecule has 0 saturated heterocycles. The Balaban J connectivity index is 1.86. The number of halogens is 1. The monoisotopic (exact) mass is 227 g/mol. The van der Waals surface area contributed by atoms with Crippen LogP contribution in [0.25, 0.3) is 0 Å². The van der Waals surface area contributed by atoms with Gasteiger partial charge in [-0.05, 0) is 30.9 Å². The summed E-state index contributed by atoms with van der Waals surface area (Å²) in [4.78, 5) is 13.5. The maximum Gasteiger partial charge on any atom is 0.289 e. The quantitative estimate of drug-likeness (QED) is 0.743. The second-order valence-electron chi connectivity index (χ2n) is 4.10. The van der Waals surface area contributed by atoms with E-state index in [1.54, 1.807) is 24.1 Å². The lowest BCUT2D eigenvalue weighted by atomic mass is 9.84.